The van der Waals surface area contributed by atoms with Crippen molar-refractivity contribution in [3.05, 3.63) is 48.0 Å². The second-order valence-corrected chi connectivity index (χ2v) is 6.18. The van der Waals surface area contributed by atoms with Gasteiger partial charge in [0.15, 0.2) is 0 Å². The van der Waals surface area contributed by atoms with E-state index in [2.05, 4.69) is 32.6 Å². The molecule has 3 rings (SSSR count). The summed E-state index contributed by atoms with van der Waals surface area (Å²) in [4.78, 5) is 0. The second-order valence-electron chi connectivity index (χ2n) is 6.18. The maximum atomic E-state index is 6.29. The first-order valence-corrected chi connectivity index (χ1v) is 7.06. The van der Waals surface area contributed by atoms with Gasteiger partial charge in [-0.25, -0.2) is 0 Å². The summed E-state index contributed by atoms with van der Waals surface area (Å²) in [5.41, 5.74) is 2.10. The van der Waals surface area contributed by atoms with Crippen LogP contribution in [0.5, 0.6) is 0 Å². The van der Waals surface area contributed by atoms with E-state index >= 15 is 0 Å². The largest absolute Gasteiger partial charge is 0.370 e. The van der Waals surface area contributed by atoms with E-state index in [-0.39, 0.29) is 17.3 Å². The molecule has 2 bridgehead atoms. The number of hydrogen-bond donors (Lipinski definition) is 0. The predicted octanol–water partition coefficient (Wildman–Crippen LogP) is 3.86. The fourth-order valence-electron chi connectivity index (χ4n) is 3.37. The number of ether oxygens (including phenoxy) is 2. The molecule has 0 amide bonds. The zero-order valence-electron chi connectivity index (χ0n) is 11.8. The topological polar surface area (TPSA) is 18.5 Å². The molecule has 102 valence electrons. The van der Waals surface area contributed by atoms with Crippen LogP contribution in [0.1, 0.15) is 38.7 Å². The second kappa shape index (κ2) is 4.46. The molecule has 0 N–H and O–H groups in total. The molecule has 19 heavy (non-hydrogen) atoms. The highest BCUT2D eigenvalue weighted by molar-refractivity contribution is 5.22. The van der Waals surface area contributed by atoms with Gasteiger partial charge in [0.1, 0.15) is 0 Å². The minimum absolute atomic E-state index is 0.129. The van der Waals surface area contributed by atoms with Crippen LogP contribution >= 0.6 is 0 Å². The molecule has 2 heterocycles. The average molecular weight is 258 g/mol. The predicted molar refractivity (Wildman–Crippen MR) is 75.9 cm³/mol. The molecule has 3 atom stereocenters. The van der Waals surface area contributed by atoms with E-state index in [4.69, 9.17) is 9.47 Å². The Labute approximate surface area is 115 Å². The number of benzene rings is 1. The zero-order chi connectivity index (χ0) is 13.5. The van der Waals surface area contributed by atoms with Crippen LogP contribution in [-0.2, 0) is 16.1 Å². The first-order valence-electron chi connectivity index (χ1n) is 7.06. The van der Waals surface area contributed by atoms with Gasteiger partial charge >= 0.3 is 0 Å². The molecule has 0 radical (unpaired) electrons. The van der Waals surface area contributed by atoms with Crippen LogP contribution in [0.15, 0.2) is 42.5 Å². The SMILES string of the molecule is C=C(C)C12CCC(C)(O1)C(OCc1ccccc1)C2. The van der Waals surface area contributed by atoms with Crippen molar-refractivity contribution in [3.8, 4) is 0 Å². The van der Waals surface area contributed by atoms with Gasteiger partial charge in [0.05, 0.1) is 23.9 Å². The van der Waals surface area contributed by atoms with Crippen LogP contribution in [0.4, 0.5) is 0 Å². The Morgan fingerprint density at radius 2 is 2.11 bits per heavy atom. The average Bonchev–Trinajstić information content (AvgIpc) is 2.90. The summed E-state index contributed by atoms with van der Waals surface area (Å²) in [6, 6.07) is 10.3. The van der Waals surface area contributed by atoms with Crippen LogP contribution in [-0.4, -0.2) is 17.3 Å². The molecule has 2 aliphatic heterocycles. The lowest BCUT2D eigenvalue weighted by Gasteiger charge is -2.30. The monoisotopic (exact) mass is 258 g/mol. The molecule has 2 heteroatoms. The lowest BCUT2D eigenvalue weighted by molar-refractivity contribution is -0.0796. The maximum Gasteiger partial charge on any atom is 0.0929 e. The molecule has 0 spiro atoms. The molecule has 0 aliphatic carbocycles. The summed E-state index contributed by atoms with van der Waals surface area (Å²) in [5.74, 6) is 0. The Morgan fingerprint density at radius 1 is 1.37 bits per heavy atom. The normalized spacial score (nSPS) is 36.6. The van der Waals surface area contributed by atoms with Crippen molar-refractivity contribution in [1.82, 2.24) is 0 Å². The molecule has 2 nitrogen and oxygen atoms in total. The van der Waals surface area contributed by atoms with Crippen LogP contribution in [0.2, 0.25) is 0 Å². The highest BCUT2D eigenvalue weighted by Gasteiger charge is 2.59. The van der Waals surface area contributed by atoms with Crippen molar-refractivity contribution < 1.29 is 9.47 Å². The Morgan fingerprint density at radius 3 is 2.74 bits per heavy atom. The van der Waals surface area contributed by atoms with Gasteiger partial charge in [0.2, 0.25) is 0 Å². The molecule has 2 fully saturated rings. The summed E-state index contributed by atoms with van der Waals surface area (Å²) in [6.45, 7) is 9.03. The van der Waals surface area contributed by atoms with Gasteiger partial charge in [0.25, 0.3) is 0 Å². The standard InChI is InChI=1S/C17H22O2/c1-13(2)17-10-9-16(3,19-17)15(11-17)18-12-14-7-5-4-6-8-14/h4-8,15H,1,9-12H2,2-3H3. The van der Waals surface area contributed by atoms with Crippen LogP contribution < -0.4 is 0 Å². The Hall–Kier alpha value is -1.12. The molecule has 1 aromatic carbocycles. The summed E-state index contributed by atoms with van der Waals surface area (Å²) < 4.78 is 12.4. The first-order chi connectivity index (χ1) is 9.04. The summed E-state index contributed by atoms with van der Waals surface area (Å²) in [6.07, 6.45) is 3.29. The Kier molecular flexibility index (Phi) is 3.03. The van der Waals surface area contributed by atoms with Gasteiger partial charge in [-0.05, 0) is 37.8 Å². The highest BCUT2D eigenvalue weighted by atomic mass is 16.6. The fourth-order valence-corrected chi connectivity index (χ4v) is 3.37. The lowest BCUT2D eigenvalue weighted by atomic mass is 9.78. The van der Waals surface area contributed by atoms with E-state index in [0.29, 0.717) is 6.61 Å². The van der Waals surface area contributed by atoms with E-state index in [1.165, 1.54) is 5.56 Å². The van der Waals surface area contributed by atoms with Crippen molar-refractivity contribution in [3.63, 3.8) is 0 Å². The molecule has 2 aliphatic rings. The van der Waals surface area contributed by atoms with Gasteiger partial charge in [-0.2, -0.15) is 0 Å². The fraction of sp³-hybridized carbons (Fsp3) is 0.529. The van der Waals surface area contributed by atoms with E-state index in [9.17, 15) is 0 Å². The van der Waals surface area contributed by atoms with Crippen LogP contribution in [0.25, 0.3) is 0 Å². The van der Waals surface area contributed by atoms with Crippen molar-refractivity contribution in [1.29, 1.82) is 0 Å². The Balaban J connectivity index is 1.69. The third kappa shape index (κ3) is 2.13. The van der Waals surface area contributed by atoms with Gasteiger partial charge < -0.3 is 9.47 Å². The van der Waals surface area contributed by atoms with Gasteiger partial charge in [0, 0.05) is 6.42 Å². The summed E-state index contributed by atoms with van der Waals surface area (Å²) in [5, 5.41) is 0. The zero-order valence-corrected chi connectivity index (χ0v) is 11.8. The minimum Gasteiger partial charge on any atom is -0.370 e. The summed E-state index contributed by atoms with van der Waals surface area (Å²) in [7, 11) is 0. The molecule has 1 aromatic rings. The number of rotatable bonds is 4. The maximum absolute atomic E-state index is 6.29. The third-order valence-corrected chi connectivity index (χ3v) is 4.72. The molecular formula is C17H22O2. The number of fused-ring (bicyclic) bond motifs is 2. The van der Waals surface area contributed by atoms with E-state index in [1.54, 1.807) is 0 Å². The quantitative estimate of drug-likeness (QED) is 0.763. The molecule has 0 aromatic heterocycles. The van der Waals surface area contributed by atoms with Crippen LogP contribution in [0, 0.1) is 0 Å². The summed E-state index contributed by atoms with van der Waals surface area (Å²) >= 11 is 0. The molecular weight excluding hydrogens is 236 g/mol. The van der Waals surface area contributed by atoms with E-state index in [0.717, 1.165) is 24.8 Å². The smallest absolute Gasteiger partial charge is 0.0929 e. The van der Waals surface area contributed by atoms with Gasteiger partial charge in [-0.3, -0.25) is 0 Å². The first kappa shape index (κ1) is 12.9. The van der Waals surface area contributed by atoms with Crippen molar-refractivity contribution in [2.24, 2.45) is 0 Å². The van der Waals surface area contributed by atoms with E-state index < -0.39 is 0 Å². The van der Waals surface area contributed by atoms with Gasteiger partial charge in [-0.1, -0.05) is 36.9 Å². The molecule has 0 saturated carbocycles. The molecule has 2 saturated heterocycles. The van der Waals surface area contributed by atoms with Crippen molar-refractivity contribution >= 4 is 0 Å². The van der Waals surface area contributed by atoms with Crippen LogP contribution in [0.3, 0.4) is 0 Å². The van der Waals surface area contributed by atoms with Gasteiger partial charge in [-0.15, -0.1) is 0 Å². The highest BCUT2D eigenvalue weighted by Crippen LogP contribution is 2.54. The third-order valence-electron chi connectivity index (χ3n) is 4.72. The Bertz CT molecular complexity index is 481. The number of hydrogen-bond acceptors (Lipinski definition) is 2. The lowest BCUT2D eigenvalue weighted by Crippen LogP contribution is -2.37. The van der Waals surface area contributed by atoms with Crippen molar-refractivity contribution in [2.45, 2.75) is 57.0 Å². The molecule has 3 unspecified atom stereocenters. The minimum atomic E-state index is -0.131. The van der Waals surface area contributed by atoms with Crippen molar-refractivity contribution in [2.75, 3.05) is 0 Å². The van der Waals surface area contributed by atoms with E-state index in [1.807, 2.05) is 18.2 Å².